The minimum Gasteiger partial charge on any atom is -0.493 e. The fourth-order valence-electron chi connectivity index (χ4n) is 3.25. The van der Waals surface area contributed by atoms with E-state index >= 15 is 0 Å². The Morgan fingerprint density at radius 1 is 1.14 bits per heavy atom. The first-order valence-electron chi connectivity index (χ1n) is 8.32. The number of aliphatic hydroxyl groups excluding tert-OH is 1. The van der Waals surface area contributed by atoms with Crippen molar-refractivity contribution in [1.29, 1.82) is 0 Å². The Morgan fingerprint density at radius 3 is 2.50 bits per heavy atom. The third-order valence-electron chi connectivity index (χ3n) is 4.65. The molecule has 0 bridgehead atoms. The maximum Gasteiger partial charge on any atom is 0.160 e. The van der Waals surface area contributed by atoms with E-state index in [0.717, 1.165) is 30.3 Å². The average Bonchev–Trinajstić information content (AvgIpc) is 2.59. The molecule has 1 saturated carbocycles. The summed E-state index contributed by atoms with van der Waals surface area (Å²) in [6.45, 7) is 1.99. The second-order valence-corrected chi connectivity index (χ2v) is 6.16. The fraction of sp³-hybridized carbons (Fsp3) is 0.667. The van der Waals surface area contributed by atoms with Crippen LogP contribution in [0.1, 0.15) is 43.6 Å². The summed E-state index contributed by atoms with van der Waals surface area (Å²) in [5, 5.41) is 13.2. The number of rotatable bonds is 8. The van der Waals surface area contributed by atoms with Gasteiger partial charge in [-0.3, -0.25) is 0 Å². The van der Waals surface area contributed by atoms with Crippen LogP contribution in [0.2, 0.25) is 0 Å². The first-order valence-corrected chi connectivity index (χ1v) is 8.32. The van der Waals surface area contributed by atoms with Crippen molar-refractivity contribution in [2.24, 2.45) is 5.92 Å². The molecular formula is C18H29NO3. The zero-order chi connectivity index (χ0) is 15.8. The van der Waals surface area contributed by atoms with Crippen LogP contribution in [0.4, 0.5) is 0 Å². The van der Waals surface area contributed by atoms with E-state index in [1.165, 1.54) is 32.1 Å². The van der Waals surface area contributed by atoms with Crippen molar-refractivity contribution in [1.82, 2.24) is 5.32 Å². The molecule has 0 aromatic heterocycles. The lowest BCUT2D eigenvalue weighted by Crippen LogP contribution is -2.29. The summed E-state index contributed by atoms with van der Waals surface area (Å²) in [6.07, 6.45) is 6.80. The molecule has 0 heterocycles. The van der Waals surface area contributed by atoms with Gasteiger partial charge in [-0.1, -0.05) is 25.3 Å². The molecule has 0 saturated heterocycles. The second kappa shape index (κ2) is 9.01. The van der Waals surface area contributed by atoms with E-state index in [-0.39, 0.29) is 12.5 Å². The van der Waals surface area contributed by atoms with Crippen LogP contribution in [0.25, 0.3) is 0 Å². The van der Waals surface area contributed by atoms with Crippen molar-refractivity contribution in [3.8, 4) is 11.5 Å². The maximum atomic E-state index is 9.69. The molecule has 1 aromatic rings. The molecule has 1 aliphatic rings. The van der Waals surface area contributed by atoms with Gasteiger partial charge in [0.1, 0.15) is 0 Å². The zero-order valence-corrected chi connectivity index (χ0v) is 13.8. The van der Waals surface area contributed by atoms with Gasteiger partial charge in [0, 0.05) is 12.5 Å². The van der Waals surface area contributed by atoms with E-state index in [1.54, 1.807) is 14.2 Å². The molecule has 0 spiro atoms. The quantitative estimate of drug-likeness (QED) is 0.775. The molecular weight excluding hydrogens is 278 g/mol. The van der Waals surface area contributed by atoms with Crippen LogP contribution in [0.5, 0.6) is 11.5 Å². The summed E-state index contributed by atoms with van der Waals surface area (Å²) < 4.78 is 10.6. The number of benzene rings is 1. The van der Waals surface area contributed by atoms with Gasteiger partial charge in [-0.25, -0.2) is 0 Å². The molecule has 1 unspecified atom stereocenters. The van der Waals surface area contributed by atoms with Gasteiger partial charge in [-0.2, -0.15) is 0 Å². The molecule has 2 N–H and O–H groups in total. The van der Waals surface area contributed by atoms with Crippen molar-refractivity contribution in [2.45, 2.75) is 38.0 Å². The summed E-state index contributed by atoms with van der Waals surface area (Å²) >= 11 is 0. The Hall–Kier alpha value is -1.26. The van der Waals surface area contributed by atoms with E-state index in [2.05, 4.69) is 5.32 Å². The number of hydrogen-bond acceptors (Lipinski definition) is 4. The molecule has 2 rings (SSSR count). The Labute approximate surface area is 133 Å². The molecule has 4 heteroatoms. The summed E-state index contributed by atoms with van der Waals surface area (Å²) in [4.78, 5) is 0. The van der Waals surface area contributed by atoms with Crippen LogP contribution in [0, 0.1) is 5.92 Å². The lowest BCUT2D eigenvalue weighted by Gasteiger charge is -2.23. The van der Waals surface area contributed by atoms with Crippen molar-refractivity contribution in [3.05, 3.63) is 23.8 Å². The van der Waals surface area contributed by atoms with E-state index in [0.29, 0.717) is 5.75 Å². The number of ether oxygens (including phenoxy) is 2. The molecule has 124 valence electrons. The van der Waals surface area contributed by atoms with E-state index < -0.39 is 0 Å². The van der Waals surface area contributed by atoms with E-state index in [4.69, 9.17) is 9.47 Å². The zero-order valence-electron chi connectivity index (χ0n) is 13.8. The molecule has 0 amide bonds. The maximum absolute atomic E-state index is 9.69. The third-order valence-corrected chi connectivity index (χ3v) is 4.65. The van der Waals surface area contributed by atoms with Gasteiger partial charge in [-0.15, -0.1) is 0 Å². The van der Waals surface area contributed by atoms with Gasteiger partial charge in [0.05, 0.1) is 20.8 Å². The van der Waals surface area contributed by atoms with Gasteiger partial charge in [0.2, 0.25) is 0 Å². The standard InChI is InChI=1S/C18H29NO3/c1-21-17-9-8-15(10-18(17)22-2)16(13-20)12-19-11-14-6-4-3-5-7-14/h8-10,14,16,19-20H,3-7,11-13H2,1-2H3. The fourth-order valence-corrected chi connectivity index (χ4v) is 3.25. The molecule has 4 nitrogen and oxygen atoms in total. The minimum absolute atomic E-state index is 0.0865. The van der Waals surface area contributed by atoms with Crippen LogP contribution in [0.3, 0.4) is 0 Å². The number of hydrogen-bond donors (Lipinski definition) is 2. The Kier molecular flexibility index (Phi) is 7.00. The Morgan fingerprint density at radius 2 is 1.86 bits per heavy atom. The number of aliphatic hydroxyl groups is 1. The predicted molar refractivity (Wildman–Crippen MR) is 88.8 cm³/mol. The summed E-state index contributed by atoms with van der Waals surface area (Å²) in [7, 11) is 3.27. The predicted octanol–water partition coefficient (Wildman–Crippen LogP) is 2.95. The SMILES string of the molecule is COc1ccc(C(CO)CNCC2CCCCC2)cc1OC. The van der Waals surface area contributed by atoms with Gasteiger partial charge in [0.15, 0.2) is 11.5 Å². The molecule has 1 fully saturated rings. The number of methoxy groups -OCH3 is 2. The van der Waals surface area contributed by atoms with Crippen LogP contribution in [-0.4, -0.2) is 39.0 Å². The monoisotopic (exact) mass is 307 g/mol. The molecule has 1 aliphatic carbocycles. The summed E-state index contributed by atoms with van der Waals surface area (Å²) in [6, 6.07) is 5.87. The Balaban J connectivity index is 1.90. The highest BCUT2D eigenvalue weighted by molar-refractivity contribution is 5.44. The second-order valence-electron chi connectivity index (χ2n) is 6.16. The van der Waals surface area contributed by atoms with Gasteiger partial charge >= 0.3 is 0 Å². The smallest absolute Gasteiger partial charge is 0.160 e. The van der Waals surface area contributed by atoms with E-state index in [9.17, 15) is 5.11 Å². The summed E-state index contributed by atoms with van der Waals surface area (Å²) in [5.74, 6) is 2.32. The first kappa shape index (κ1) is 17.1. The summed E-state index contributed by atoms with van der Waals surface area (Å²) in [5.41, 5.74) is 1.08. The van der Waals surface area contributed by atoms with Gasteiger partial charge < -0.3 is 19.9 Å². The lowest BCUT2D eigenvalue weighted by atomic mass is 9.89. The minimum atomic E-state index is 0.0865. The van der Waals surface area contributed by atoms with Crippen LogP contribution >= 0.6 is 0 Å². The van der Waals surface area contributed by atoms with Crippen molar-refractivity contribution >= 4 is 0 Å². The average molecular weight is 307 g/mol. The highest BCUT2D eigenvalue weighted by Gasteiger charge is 2.16. The first-order chi connectivity index (χ1) is 10.8. The van der Waals surface area contributed by atoms with Crippen molar-refractivity contribution < 1.29 is 14.6 Å². The van der Waals surface area contributed by atoms with Crippen molar-refractivity contribution in [3.63, 3.8) is 0 Å². The molecule has 1 atom stereocenters. The van der Waals surface area contributed by atoms with Crippen LogP contribution < -0.4 is 14.8 Å². The largest absolute Gasteiger partial charge is 0.493 e. The topological polar surface area (TPSA) is 50.7 Å². The molecule has 0 aliphatic heterocycles. The number of nitrogens with one attached hydrogen (secondary N) is 1. The third kappa shape index (κ3) is 4.62. The van der Waals surface area contributed by atoms with Crippen molar-refractivity contribution in [2.75, 3.05) is 33.9 Å². The molecule has 22 heavy (non-hydrogen) atoms. The molecule has 1 aromatic carbocycles. The lowest BCUT2D eigenvalue weighted by molar-refractivity contribution is 0.256. The molecule has 0 radical (unpaired) electrons. The van der Waals surface area contributed by atoms with E-state index in [1.807, 2.05) is 18.2 Å². The Bertz CT molecular complexity index is 444. The highest BCUT2D eigenvalue weighted by Crippen LogP contribution is 2.30. The normalized spacial score (nSPS) is 17.2. The van der Waals surface area contributed by atoms with Crippen LogP contribution in [0.15, 0.2) is 18.2 Å². The van der Waals surface area contributed by atoms with Gasteiger partial charge in [-0.05, 0) is 43.0 Å². The van der Waals surface area contributed by atoms with Crippen LogP contribution in [-0.2, 0) is 0 Å². The van der Waals surface area contributed by atoms with Gasteiger partial charge in [0.25, 0.3) is 0 Å². The highest BCUT2D eigenvalue weighted by atomic mass is 16.5.